The topological polar surface area (TPSA) is 35.2 Å². The van der Waals surface area contributed by atoms with Crippen LogP contribution in [0.3, 0.4) is 0 Å². The van der Waals surface area contributed by atoms with E-state index in [0.717, 1.165) is 18.9 Å². The van der Waals surface area contributed by atoms with E-state index < -0.39 is 0 Å². The number of hydrogen-bond acceptors (Lipinski definition) is 2. The van der Waals surface area contributed by atoms with Crippen LogP contribution in [-0.2, 0) is 4.74 Å². The van der Waals surface area contributed by atoms with Gasteiger partial charge >= 0.3 is 0 Å². The third-order valence-corrected chi connectivity index (χ3v) is 4.64. The molecule has 100 valence electrons. The van der Waals surface area contributed by atoms with Crippen LogP contribution in [0.15, 0.2) is 0 Å². The molecule has 2 nitrogen and oxygen atoms in total. The molecule has 0 spiro atoms. The van der Waals surface area contributed by atoms with Gasteiger partial charge in [-0.2, -0.15) is 0 Å². The molecule has 0 aromatic carbocycles. The van der Waals surface area contributed by atoms with Gasteiger partial charge in [-0.15, -0.1) is 0 Å². The fraction of sp³-hybridized carbons (Fsp3) is 0.929. The predicted molar refractivity (Wildman–Crippen MR) is 77.2 cm³/mol. The van der Waals surface area contributed by atoms with Crippen LogP contribution in [0.5, 0.6) is 0 Å². The molecule has 2 unspecified atom stereocenters. The molecule has 2 N–H and O–H groups in total. The second-order valence-electron chi connectivity index (χ2n) is 5.86. The standard InChI is InChI=1S/C14H27NOS/c1-4-11-7-5-6-8-12(11)16-10-9-14(2,3)13(15)17/h11-12H,4-10H2,1-3H3,(H2,15,17). The van der Waals surface area contributed by atoms with E-state index in [2.05, 4.69) is 20.8 Å². The summed E-state index contributed by atoms with van der Waals surface area (Å²) in [4.78, 5) is 0.594. The highest BCUT2D eigenvalue weighted by Gasteiger charge is 2.26. The van der Waals surface area contributed by atoms with Gasteiger partial charge in [0.25, 0.3) is 0 Å². The first kappa shape index (κ1) is 14.9. The van der Waals surface area contributed by atoms with E-state index >= 15 is 0 Å². The molecule has 0 amide bonds. The van der Waals surface area contributed by atoms with Gasteiger partial charge in [0, 0.05) is 12.0 Å². The molecule has 17 heavy (non-hydrogen) atoms. The van der Waals surface area contributed by atoms with Gasteiger partial charge in [-0.05, 0) is 25.2 Å². The summed E-state index contributed by atoms with van der Waals surface area (Å²) in [6.07, 6.45) is 7.89. The van der Waals surface area contributed by atoms with E-state index in [1.165, 1.54) is 32.1 Å². The Hall–Kier alpha value is -0.150. The van der Waals surface area contributed by atoms with Crippen LogP contribution in [0.1, 0.15) is 59.3 Å². The minimum absolute atomic E-state index is 0.0777. The highest BCUT2D eigenvalue weighted by atomic mass is 32.1. The normalized spacial score (nSPS) is 25.8. The van der Waals surface area contributed by atoms with Crippen molar-refractivity contribution in [2.45, 2.75) is 65.4 Å². The van der Waals surface area contributed by atoms with Crippen LogP contribution in [0.4, 0.5) is 0 Å². The van der Waals surface area contributed by atoms with E-state index in [4.69, 9.17) is 22.7 Å². The van der Waals surface area contributed by atoms with Gasteiger partial charge in [0.05, 0.1) is 11.1 Å². The lowest BCUT2D eigenvalue weighted by molar-refractivity contribution is -0.0183. The Labute approximate surface area is 111 Å². The molecule has 0 aromatic rings. The fourth-order valence-corrected chi connectivity index (χ4v) is 2.55. The molecular weight excluding hydrogens is 230 g/mol. The summed E-state index contributed by atoms with van der Waals surface area (Å²) in [6.45, 7) is 7.24. The third kappa shape index (κ3) is 4.55. The van der Waals surface area contributed by atoms with Gasteiger partial charge in [-0.25, -0.2) is 0 Å². The smallest absolute Gasteiger partial charge is 0.0785 e. The number of ether oxygens (including phenoxy) is 1. The molecule has 0 bridgehead atoms. The lowest BCUT2D eigenvalue weighted by atomic mass is 9.84. The summed E-state index contributed by atoms with van der Waals surface area (Å²) < 4.78 is 6.06. The first-order valence-corrected chi connectivity index (χ1v) is 7.29. The zero-order valence-electron chi connectivity index (χ0n) is 11.5. The average molecular weight is 257 g/mol. The fourth-order valence-electron chi connectivity index (χ4n) is 2.45. The summed E-state index contributed by atoms with van der Waals surface area (Å²) in [5.74, 6) is 0.761. The summed E-state index contributed by atoms with van der Waals surface area (Å²) >= 11 is 5.07. The Morgan fingerprint density at radius 2 is 2.00 bits per heavy atom. The van der Waals surface area contributed by atoms with E-state index in [0.29, 0.717) is 11.1 Å². The number of hydrogen-bond donors (Lipinski definition) is 1. The minimum atomic E-state index is -0.0777. The Bertz CT molecular complexity index is 253. The lowest BCUT2D eigenvalue weighted by Gasteiger charge is -2.32. The van der Waals surface area contributed by atoms with Crippen molar-refractivity contribution in [1.82, 2.24) is 0 Å². The van der Waals surface area contributed by atoms with Crippen LogP contribution >= 0.6 is 12.2 Å². The van der Waals surface area contributed by atoms with Crippen LogP contribution in [-0.4, -0.2) is 17.7 Å². The molecule has 0 radical (unpaired) electrons. The molecule has 0 aromatic heterocycles. The largest absolute Gasteiger partial charge is 0.393 e. The molecule has 3 heteroatoms. The van der Waals surface area contributed by atoms with Crippen molar-refractivity contribution in [1.29, 1.82) is 0 Å². The summed E-state index contributed by atoms with van der Waals surface area (Å²) in [5, 5.41) is 0. The van der Waals surface area contributed by atoms with Crippen molar-refractivity contribution < 1.29 is 4.74 Å². The van der Waals surface area contributed by atoms with Crippen LogP contribution < -0.4 is 5.73 Å². The summed E-state index contributed by atoms with van der Waals surface area (Å²) in [6, 6.07) is 0. The second-order valence-corrected chi connectivity index (χ2v) is 6.30. The first-order valence-electron chi connectivity index (χ1n) is 6.89. The Balaban J connectivity index is 2.32. The molecule has 0 aliphatic heterocycles. The van der Waals surface area contributed by atoms with Crippen molar-refractivity contribution in [3.05, 3.63) is 0 Å². The molecule has 0 saturated heterocycles. The van der Waals surface area contributed by atoms with Crippen LogP contribution in [0, 0.1) is 11.3 Å². The van der Waals surface area contributed by atoms with Crippen molar-refractivity contribution in [3.63, 3.8) is 0 Å². The van der Waals surface area contributed by atoms with Crippen molar-refractivity contribution in [2.75, 3.05) is 6.61 Å². The molecule has 1 aliphatic rings. The van der Waals surface area contributed by atoms with Gasteiger partial charge in [0.2, 0.25) is 0 Å². The van der Waals surface area contributed by atoms with Crippen molar-refractivity contribution in [2.24, 2.45) is 17.1 Å². The SMILES string of the molecule is CCC1CCCCC1OCCC(C)(C)C(N)=S. The molecular formula is C14H27NOS. The van der Waals surface area contributed by atoms with Gasteiger partial charge in [0.1, 0.15) is 0 Å². The minimum Gasteiger partial charge on any atom is -0.393 e. The Morgan fingerprint density at radius 1 is 1.35 bits per heavy atom. The van der Waals surface area contributed by atoms with E-state index in [1.807, 2.05) is 0 Å². The second kappa shape index (κ2) is 6.69. The van der Waals surface area contributed by atoms with Gasteiger partial charge in [0.15, 0.2) is 0 Å². The third-order valence-electron chi connectivity index (χ3n) is 4.09. The van der Waals surface area contributed by atoms with Crippen LogP contribution in [0.2, 0.25) is 0 Å². The molecule has 1 saturated carbocycles. The maximum absolute atomic E-state index is 6.06. The highest BCUT2D eigenvalue weighted by Crippen LogP contribution is 2.30. The predicted octanol–water partition coefficient (Wildman–Crippen LogP) is 3.67. The van der Waals surface area contributed by atoms with E-state index in [9.17, 15) is 0 Å². The summed E-state index contributed by atoms with van der Waals surface area (Å²) in [5.41, 5.74) is 5.64. The highest BCUT2D eigenvalue weighted by molar-refractivity contribution is 7.80. The quantitative estimate of drug-likeness (QED) is 0.737. The zero-order valence-corrected chi connectivity index (χ0v) is 12.3. The molecule has 1 aliphatic carbocycles. The molecule has 0 heterocycles. The molecule has 1 rings (SSSR count). The first-order chi connectivity index (χ1) is 7.97. The maximum Gasteiger partial charge on any atom is 0.0785 e. The Kier molecular flexibility index (Phi) is 5.87. The molecule has 1 fully saturated rings. The van der Waals surface area contributed by atoms with Gasteiger partial charge in [-0.1, -0.05) is 52.3 Å². The summed E-state index contributed by atoms with van der Waals surface area (Å²) in [7, 11) is 0. The van der Waals surface area contributed by atoms with E-state index in [1.54, 1.807) is 0 Å². The van der Waals surface area contributed by atoms with E-state index in [-0.39, 0.29) is 5.41 Å². The average Bonchev–Trinajstić information content (AvgIpc) is 2.29. The molecule has 2 atom stereocenters. The van der Waals surface area contributed by atoms with Crippen molar-refractivity contribution in [3.8, 4) is 0 Å². The monoisotopic (exact) mass is 257 g/mol. The number of nitrogens with two attached hydrogens (primary N) is 1. The maximum atomic E-state index is 6.06. The Morgan fingerprint density at radius 3 is 2.59 bits per heavy atom. The zero-order chi connectivity index (χ0) is 12.9. The van der Waals surface area contributed by atoms with Crippen molar-refractivity contribution >= 4 is 17.2 Å². The van der Waals surface area contributed by atoms with Crippen LogP contribution in [0.25, 0.3) is 0 Å². The number of thiocarbonyl (C=S) groups is 1. The number of rotatable bonds is 6. The van der Waals surface area contributed by atoms with Gasteiger partial charge in [-0.3, -0.25) is 0 Å². The lowest BCUT2D eigenvalue weighted by Crippen LogP contribution is -2.33. The van der Waals surface area contributed by atoms with Gasteiger partial charge < -0.3 is 10.5 Å².